The van der Waals surface area contributed by atoms with Crippen LogP contribution in [-0.2, 0) is 13.0 Å². The van der Waals surface area contributed by atoms with Crippen LogP contribution in [0.15, 0.2) is 30.7 Å². The van der Waals surface area contributed by atoms with Gasteiger partial charge in [0, 0.05) is 12.7 Å². The standard InChI is InChI=1S/C17H23N3O2/c1-12-5-3-6-14(13(12)2)7-4-8-15(21)9-20-10-16(17(18)22)19-11-20/h3,5-6,10-11,15,21H,4,7-9H2,1-2H3,(H2,18,22)/t15-/m0/s1. The van der Waals surface area contributed by atoms with Gasteiger partial charge in [-0.25, -0.2) is 4.98 Å². The molecular formula is C17H23N3O2. The van der Waals surface area contributed by atoms with Crippen molar-refractivity contribution in [1.82, 2.24) is 9.55 Å². The number of aliphatic hydroxyl groups is 1. The van der Waals surface area contributed by atoms with E-state index in [9.17, 15) is 9.90 Å². The number of nitrogens with zero attached hydrogens (tertiary/aromatic N) is 2. The van der Waals surface area contributed by atoms with Crippen LogP contribution in [0.1, 0.15) is 40.0 Å². The third-order valence-electron chi connectivity index (χ3n) is 4.01. The molecule has 2 rings (SSSR count). The van der Waals surface area contributed by atoms with Gasteiger partial charge < -0.3 is 15.4 Å². The maximum absolute atomic E-state index is 11.0. The van der Waals surface area contributed by atoms with Crippen LogP contribution in [0.3, 0.4) is 0 Å². The van der Waals surface area contributed by atoms with Gasteiger partial charge in [-0.2, -0.15) is 0 Å². The van der Waals surface area contributed by atoms with Crippen LogP contribution < -0.4 is 5.73 Å². The Kier molecular flexibility index (Phi) is 5.33. The van der Waals surface area contributed by atoms with Crippen molar-refractivity contribution in [1.29, 1.82) is 0 Å². The van der Waals surface area contributed by atoms with Crippen LogP contribution in [0.25, 0.3) is 0 Å². The number of aliphatic hydroxyl groups excluding tert-OH is 1. The lowest BCUT2D eigenvalue weighted by atomic mass is 9.98. The van der Waals surface area contributed by atoms with Crippen LogP contribution in [0.4, 0.5) is 0 Å². The highest BCUT2D eigenvalue weighted by molar-refractivity contribution is 5.90. The molecule has 0 aliphatic heterocycles. The van der Waals surface area contributed by atoms with E-state index in [4.69, 9.17) is 5.73 Å². The van der Waals surface area contributed by atoms with Gasteiger partial charge in [-0.3, -0.25) is 4.79 Å². The number of carbonyl (C=O) groups is 1. The summed E-state index contributed by atoms with van der Waals surface area (Å²) in [6, 6.07) is 6.33. The van der Waals surface area contributed by atoms with Gasteiger partial charge in [-0.05, 0) is 49.8 Å². The molecule has 0 bridgehead atoms. The number of aromatic nitrogens is 2. The second-order valence-electron chi connectivity index (χ2n) is 5.73. The third-order valence-corrected chi connectivity index (χ3v) is 4.01. The SMILES string of the molecule is Cc1cccc(CCC[C@H](O)Cn2cnc(C(N)=O)c2)c1C. The Hall–Kier alpha value is -2.14. The van der Waals surface area contributed by atoms with Gasteiger partial charge in [0.2, 0.25) is 0 Å². The summed E-state index contributed by atoms with van der Waals surface area (Å²) in [4.78, 5) is 14.9. The van der Waals surface area contributed by atoms with E-state index in [1.165, 1.54) is 23.0 Å². The number of amides is 1. The molecule has 0 radical (unpaired) electrons. The molecule has 5 nitrogen and oxygen atoms in total. The average molecular weight is 301 g/mol. The van der Waals surface area contributed by atoms with Gasteiger partial charge in [-0.1, -0.05) is 18.2 Å². The lowest BCUT2D eigenvalue weighted by molar-refractivity contribution is 0.0995. The van der Waals surface area contributed by atoms with Crippen molar-refractivity contribution in [3.8, 4) is 0 Å². The van der Waals surface area contributed by atoms with Crippen LogP contribution >= 0.6 is 0 Å². The summed E-state index contributed by atoms with van der Waals surface area (Å²) >= 11 is 0. The number of imidazole rings is 1. The number of nitrogens with two attached hydrogens (primary N) is 1. The lowest BCUT2D eigenvalue weighted by Crippen LogP contribution is -2.15. The highest BCUT2D eigenvalue weighted by Gasteiger charge is 2.09. The molecule has 1 aromatic heterocycles. The second-order valence-corrected chi connectivity index (χ2v) is 5.73. The Labute approximate surface area is 130 Å². The fraction of sp³-hybridized carbons (Fsp3) is 0.412. The zero-order valence-electron chi connectivity index (χ0n) is 13.1. The van der Waals surface area contributed by atoms with Crippen molar-refractivity contribution in [3.63, 3.8) is 0 Å². The summed E-state index contributed by atoms with van der Waals surface area (Å²) in [6.45, 7) is 4.67. The van der Waals surface area contributed by atoms with Crippen molar-refractivity contribution >= 4 is 5.91 Å². The fourth-order valence-electron chi connectivity index (χ4n) is 2.53. The summed E-state index contributed by atoms with van der Waals surface area (Å²) in [5, 5.41) is 10.1. The van der Waals surface area contributed by atoms with E-state index in [1.54, 1.807) is 10.8 Å². The molecule has 0 aliphatic carbocycles. The smallest absolute Gasteiger partial charge is 0.268 e. The molecule has 3 N–H and O–H groups in total. The van der Waals surface area contributed by atoms with Gasteiger partial charge in [0.05, 0.1) is 12.4 Å². The molecule has 22 heavy (non-hydrogen) atoms. The molecule has 0 spiro atoms. The minimum Gasteiger partial charge on any atom is -0.391 e. The maximum Gasteiger partial charge on any atom is 0.268 e. The van der Waals surface area contributed by atoms with Gasteiger partial charge in [-0.15, -0.1) is 0 Å². The number of hydrogen-bond acceptors (Lipinski definition) is 3. The summed E-state index contributed by atoms with van der Waals surface area (Å²) < 4.78 is 1.70. The van der Waals surface area contributed by atoms with Crippen molar-refractivity contribution in [2.24, 2.45) is 5.73 Å². The molecule has 1 aromatic carbocycles. The van der Waals surface area contributed by atoms with E-state index in [0.717, 1.165) is 12.8 Å². The minimum atomic E-state index is -0.553. The Morgan fingerprint density at radius 2 is 2.18 bits per heavy atom. The molecule has 5 heteroatoms. The minimum absolute atomic E-state index is 0.225. The van der Waals surface area contributed by atoms with Gasteiger partial charge in [0.1, 0.15) is 5.69 Å². The third kappa shape index (κ3) is 4.18. The molecule has 0 saturated carbocycles. The molecule has 118 valence electrons. The first-order chi connectivity index (χ1) is 10.5. The monoisotopic (exact) mass is 301 g/mol. The molecule has 1 atom stereocenters. The first kappa shape index (κ1) is 16.2. The molecule has 0 aliphatic rings. The van der Waals surface area contributed by atoms with Gasteiger partial charge in [0.15, 0.2) is 0 Å². The van der Waals surface area contributed by atoms with Crippen molar-refractivity contribution in [2.45, 2.75) is 45.8 Å². The molecule has 1 heterocycles. The molecule has 0 unspecified atom stereocenters. The first-order valence-electron chi connectivity index (χ1n) is 7.52. The van der Waals surface area contributed by atoms with Crippen LogP contribution in [0, 0.1) is 13.8 Å². The zero-order valence-corrected chi connectivity index (χ0v) is 13.1. The van der Waals surface area contributed by atoms with Crippen molar-refractivity contribution in [3.05, 3.63) is 53.1 Å². The summed E-state index contributed by atoms with van der Waals surface area (Å²) in [6.07, 6.45) is 5.21. The molecule has 0 fully saturated rings. The normalized spacial score (nSPS) is 12.3. The van der Waals surface area contributed by atoms with Crippen LogP contribution in [0.2, 0.25) is 0 Å². The summed E-state index contributed by atoms with van der Waals surface area (Å²) in [5.74, 6) is -0.553. The average Bonchev–Trinajstić information content (AvgIpc) is 2.92. The Balaban J connectivity index is 1.81. The summed E-state index contributed by atoms with van der Waals surface area (Å²) in [7, 11) is 0. The predicted octanol–water partition coefficient (Wildman–Crippen LogP) is 1.98. The lowest BCUT2D eigenvalue weighted by Gasteiger charge is -2.12. The van der Waals surface area contributed by atoms with Gasteiger partial charge >= 0.3 is 0 Å². The van der Waals surface area contributed by atoms with Crippen molar-refractivity contribution in [2.75, 3.05) is 0 Å². The van der Waals surface area contributed by atoms with E-state index in [2.05, 4.69) is 37.0 Å². The molecular weight excluding hydrogens is 278 g/mol. The van der Waals surface area contributed by atoms with E-state index in [1.807, 2.05) is 0 Å². The van der Waals surface area contributed by atoms with Crippen LogP contribution in [0.5, 0.6) is 0 Å². The van der Waals surface area contributed by atoms with E-state index < -0.39 is 12.0 Å². The second kappa shape index (κ2) is 7.22. The Morgan fingerprint density at radius 1 is 1.41 bits per heavy atom. The molecule has 1 amide bonds. The Morgan fingerprint density at radius 3 is 2.86 bits per heavy atom. The highest BCUT2D eigenvalue weighted by atomic mass is 16.3. The number of carbonyl (C=O) groups excluding carboxylic acids is 1. The molecule has 0 saturated heterocycles. The van der Waals surface area contributed by atoms with E-state index >= 15 is 0 Å². The summed E-state index contributed by atoms with van der Waals surface area (Å²) in [5.41, 5.74) is 9.35. The topological polar surface area (TPSA) is 81.1 Å². The number of aryl methyl sites for hydroxylation is 2. The van der Waals surface area contributed by atoms with E-state index in [0.29, 0.717) is 13.0 Å². The predicted molar refractivity (Wildman–Crippen MR) is 85.6 cm³/mol. The van der Waals surface area contributed by atoms with E-state index in [-0.39, 0.29) is 5.69 Å². The van der Waals surface area contributed by atoms with Gasteiger partial charge in [0.25, 0.3) is 5.91 Å². The number of rotatable bonds is 7. The number of primary amides is 1. The van der Waals surface area contributed by atoms with Crippen molar-refractivity contribution < 1.29 is 9.90 Å². The molecule has 2 aromatic rings. The maximum atomic E-state index is 11.0. The largest absolute Gasteiger partial charge is 0.391 e. The number of benzene rings is 1. The highest BCUT2D eigenvalue weighted by Crippen LogP contribution is 2.16. The Bertz CT molecular complexity index is 649. The zero-order chi connectivity index (χ0) is 16.1. The first-order valence-corrected chi connectivity index (χ1v) is 7.52. The fourth-order valence-corrected chi connectivity index (χ4v) is 2.53. The van der Waals surface area contributed by atoms with Crippen LogP contribution in [-0.4, -0.2) is 26.7 Å². The number of hydrogen-bond donors (Lipinski definition) is 2. The quantitative estimate of drug-likeness (QED) is 0.820.